The normalized spacial score (nSPS) is 14.7. The fourth-order valence-electron chi connectivity index (χ4n) is 3.96. The maximum absolute atomic E-state index is 12.2. The smallest absolute Gasteiger partial charge is 0.410 e. The van der Waals surface area contributed by atoms with Gasteiger partial charge in [-0.25, -0.2) is 19.2 Å². The van der Waals surface area contributed by atoms with Gasteiger partial charge in [-0.2, -0.15) is 4.99 Å². The number of urea groups is 1. The summed E-state index contributed by atoms with van der Waals surface area (Å²) in [5.41, 5.74) is 0.278. The lowest BCUT2D eigenvalue weighted by atomic mass is 10.2. The molecule has 0 aliphatic carbocycles. The minimum atomic E-state index is -0.516. The van der Waals surface area contributed by atoms with Gasteiger partial charge in [-0.05, 0) is 77.9 Å². The molecular formula is C32H44Cl2N6O6. The van der Waals surface area contributed by atoms with E-state index in [2.05, 4.69) is 15.6 Å². The van der Waals surface area contributed by atoms with E-state index in [1.165, 1.54) is 6.08 Å². The van der Waals surface area contributed by atoms with Crippen molar-refractivity contribution in [1.29, 1.82) is 0 Å². The highest BCUT2D eigenvalue weighted by Crippen LogP contribution is 2.18. The van der Waals surface area contributed by atoms with Crippen molar-refractivity contribution in [1.82, 2.24) is 20.0 Å². The predicted octanol–water partition coefficient (Wildman–Crippen LogP) is 6.56. The number of anilines is 1. The van der Waals surface area contributed by atoms with E-state index < -0.39 is 5.60 Å². The molecule has 2 fully saturated rings. The minimum absolute atomic E-state index is 0.198. The Hall–Kier alpha value is -3.83. The summed E-state index contributed by atoms with van der Waals surface area (Å²) in [6.45, 7) is 16.2. The highest BCUT2D eigenvalue weighted by molar-refractivity contribution is 6.31. The number of nitrogens with zero attached hydrogens (tertiary/aromatic N) is 4. The molecule has 4 rings (SSSR count). The number of hydrogen-bond acceptors (Lipinski definition) is 8. The first-order chi connectivity index (χ1) is 21.6. The molecule has 2 saturated heterocycles. The second-order valence-electron chi connectivity index (χ2n) is 12.3. The van der Waals surface area contributed by atoms with Gasteiger partial charge < -0.3 is 34.8 Å². The summed E-state index contributed by atoms with van der Waals surface area (Å²) >= 11 is 11.5. The van der Waals surface area contributed by atoms with E-state index in [4.69, 9.17) is 32.7 Å². The molecule has 0 radical (unpaired) electrons. The highest BCUT2D eigenvalue weighted by atomic mass is 35.5. The fraction of sp³-hybridized carbons (Fsp3) is 0.500. The number of aliphatic imine (C=N–C) groups is 1. The first-order valence-electron chi connectivity index (χ1n) is 14.9. The van der Waals surface area contributed by atoms with Crippen LogP contribution in [0.15, 0.2) is 53.5 Å². The summed E-state index contributed by atoms with van der Waals surface area (Å²) in [5.74, 6) is 0. The number of rotatable bonds is 2. The standard InChI is InChI=1S/C16H22ClN3O3.C9H18N2O2.C7H4ClNO/c1-16(2,3)23-15(22)20-9-7-19(8-10-20)14(21)18-13-6-4-5-12(17)11-13;1-9(2,3)13-8(12)11-6-4-10-5-7-11;8-6-2-1-3-7(4-6)9-5-10/h4-6,11H,7-10H2,1-3H3,(H,18,21);10H,4-7H2,1-3H3;1-4H. The molecular weight excluding hydrogens is 635 g/mol. The van der Waals surface area contributed by atoms with Crippen LogP contribution in [0.1, 0.15) is 41.5 Å². The van der Waals surface area contributed by atoms with Crippen molar-refractivity contribution in [3.8, 4) is 0 Å². The van der Waals surface area contributed by atoms with Gasteiger partial charge in [0.1, 0.15) is 11.2 Å². The third-order valence-electron chi connectivity index (χ3n) is 6.05. The lowest BCUT2D eigenvalue weighted by Gasteiger charge is -2.35. The molecule has 2 aliphatic heterocycles. The van der Waals surface area contributed by atoms with Gasteiger partial charge in [0.15, 0.2) is 0 Å². The van der Waals surface area contributed by atoms with E-state index >= 15 is 0 Å². The molecule has 2 N–H and O–H groups in total. The Kier molecular flexibility index (Phi) is 15.3. The largest absolute Gasteiger partial charge is 0.444 e. The Balaban J connectivity index is 0.000000269. The number of hydrogen-bond donors (Lipinski definition) is 2. The van der Waals surface area contributed by atoms with Crippen molar-refractivity contribution in [3.63, 3.8) is 0 Å². The Morgan fingerprint density at radius 3 is 1.72 bits per heavy atom. The number of nitrogens with one attached hydrogen (secondary N) is 2. The molecule has 2 heterocycles. The first kappa shape index (κ1) is 38.4. The summed E-state index contributed by atoms with van der Waals surface area (Å²) in [4.78, 5) is 53.9. The molecule has 2 aromatic carbocycles. The number of ether oxygens (including phenoxy) is 2. The van der Waals surface area contributed by atoms with Gasteiger partial charge in [-0.15, -0.1) is 0 Å². The van der Waals surface area contributed by atoms with E-state index in [0.29, 0.717) is 47.6 Å². The second kappa shape index (κ2) is 18.3. The van der Waals surface area contributed by atoms with Gasteiger partial charge in [0, 0.05) is 68.1 Å². The summed E-state index contributed by atoms with van der Waals surface area (Å²) in [5, 5.41) is 7.12. The number of halogens is 2. The van der Waals surface area contributed by atoms with Crippen molar-refractivity contribution in [3.05, 3.63) is 58.6 Å². The fourth-order valence-corrected chi connectivity index (χ4v) is 4.33. The molecule has 0 aromatic heterocycles. The summed E-state index contributed by atoms with van der Waals surface area (Å²) in [6.07, 6.45) is 0.887. The second-order valence-corrected chi connectivity index (χ2v) is 13.2. The molecule has 4 amide bonds. The van der Waals surface area contributed by atoms with Crippen molar-refractivity contribution in [2.24, 2.45) is 4.99 Å². The van der Waals surface area contributed by atoms with Gasteiger partial charge in [0.25, 0.3) is 0 Å². The van der Waals surface area contributed by atoms with E-state index in [9.17, 15) is 19.2 Å². The Morgan fingerprint density at radius 1 is 0.761 bits per heavy atom. The first-order valence-corrected chi connectivity index (χ1v) is 15.6. The van der Waals surface area contributed by atoms with E-state index in [1.807, 2.05) is 41.5 Å². The molecule has 46 heavy (non-hydrogen) atoms. The number of benzene rings is 2. The summed E-state index contributed by atoms with van der Waals surface area (Å²) < 4.78 is 10.6. The third-order valence-corrected chi connectivity index (χ3v) is 6.52. The van der Waals surface area contributed by atoms with E-state index in [-0.39, 0.29) is 23.8 Å². The van der Waals surface area contributed by atoms with Crippen molar-refractivity contribution >= 4 is 58.9 Å². The lowest BCUT2D eigenvalue weighted by Crippen LogP contribution is -2.52. The van der Waals surface area contributed by atoms with Crippen molar-refractivity contribution < 1.29 is 28.7 Å². The topological polar surface area (TPSA) is 133 Å². The zero-order valence-corrected chi connectivity index (χ0v) is 28.8. The van der Waals surface area contributed by atoms with Crippen molar-refractivity contribution in [2.75, 3.05) is 57.7 Å². The van der Waals surface area contributed by atoms with Crippen LogP contribution in [-0.2, 0) is 14.3 Å². The molecule has 0 bridgehead atoms. The average Bonchev–Trinajstić information content (AvgIpc) is 2.97. The maximum Gasteiger partial charge on any atom is 0.410 e. The van der Waals surface area contributed by atoms with E-state index in [0.717, 1.165) is 26.2 Å². The van der Waals surface area contributed by atoms with Gasteiger partial charge in [-0.3, -0.25) is 0 Å². The van der Waals surface area contributed by atoms with Crippen LogP contribution in [0.2, 0.25) is 10.0 Å². The lowest BCUT2D eigenvalue weighted by molar-refractivity contribution is 0.0172. The Labute approximate surface area is 281 Å². The monoisotopic (exact) mass is 678 g/mol. The van der Waals surface area contributed by atoms with Crippen LogP contribution in [0.25, 0.3) is 0 Å². The molecule has 0 spiro atoms. The summed E-state index contributed by atoms with van der Waals surface area (Å²) in [7, 11) is 0. The highest BCUT2D eigenvalue weighted by Gasteiger charge is 2.28. The molecule has 12 nitrogen and oxygen atoms in total. The molecule has 0 unspecified atom stereocenters. The average molecular weight is 680 g/mol. The van der Waals surface area contributed by atoms with Gasteiger partial charge in [0.05, 0.1) is 5.69 Å². The number of piperazine rings is 2. The van der Waals surface area contributed by atoms with Gasteiger partial charge in [0.2, 0.25) is 6.08 Å². The van der Waals surface area contributed by atoms with Crippen LogP contribution in [0, 0.1) is 0 Å². The Bertz CT molecular complexity index is 1340. The van der Waals surface area contributed by atoms with E-state index in [1.54, 1.807) is 63.2 Å². The molecule has 2 aliphatic rings. The number of amides is 4. The number of carbonyl (C=O) groups excluding carboxylic acids is 4. The predicted molar refractivity (Wildman–Crippen MR) is 180 cm³/mol. The number of carbonyl (C=O) groups is 3. The SMILES string of the molecule is CC(C)(C)OC(=O)N1CCN(C(=O)Nc2cccc(Cl)c2)CC1.CC(C)(C)OC(=O)N1CCNCC1.O=C=Nc1cccc(Cl)c1. The van der Waals surface area contributed by atoms with Crippen LogP contribution in [0.3, 0.4) is 0 Å². The molecule has 0 saturated carbocycles. The van der Waals surface area contributed by atoms with Crippen LogP contribution in [0.5, 0.6) is 0 Å². The minimum Gasteiger partial charge on any atom is -0.444 e. The van der Waals surface area contributed by atoms with Crippen LogP contribution in [-0.4, -0.2) is 103 Å². The van der Waals surface area contributed by atoms with Crippen LogP contribution < -0.4 is 10.6 Å². The number of isocyanates is 1. The van der Waals surface area contributed by atoms with Crippen LogP contribution >= 0.6 is 23.2 Å². The third kappa shape index (κ3) is 15.4. The van der Waals surface area contributed by atoms with Gasteiger partial charge in [-0.1, -0.05) is 35.3 Å². The zero-order valence-electron chi connectivity index (χ0n) is 27.3. The van der Waals surface area contributed by atoms with Gasteiger partial charge >= 0.3 is 18.2 Å². The summed E-state index contributed by atoms with van der Waals surface area (Å²) in [6, 6.07) is 13.5. The molecule has 0 atom stereocenters. The van der Waals surface area contributed by atoms with Crippen molar-refractivity contribution in [2.45, 2.75) is 52.7 Å². The molecule has 252 valence electrons. The zero-order chi connectivity index (χ0) is 34.3. The van der Waals surface area contributed by atoms with Crippen LogP contribution in [0.4, 0.5) is 25.8 Å². The maximum atomic E-state index is 12.2. The molecule has 14 heteroatoms. The quantitative estimate of drug-likeness (QED) is 0.272. The molecule has 2 aromatic rings. The Morgan fingerprint density at radius 2 is 1.24 bits per heavy atom.